The Balaban J connectivity index is 2.14. The normalized spacial score (nSPS) is 11.9. The molecule has 1 nitrogen and oxygen atoms in total. The van der Waals surface area contributed by atoms with Crippen LogP contribution in [0.3, 0.4) is 0 Å². The van der Waals surface area contributed by atoms with Crippen molar-refractivity contribution in [3.8, 4) is 0 Å². The summed E-state index contributed by atoms with van der Waals surface area (Å²) < 4.78 is 38.7. The van der Waals surface area contributed by atoms with Gasteiger partial charge in [0.1, 0.15) is 0 Å². The molecule has 2 rings (SSSR count). The number of rotatable bonds is 2. The molecule has 0 bridgehead atoms. The SMILES string of the molecule is FC(F)(F)c1ccc(/C=C/[n+]2[c-]cccc2)cc1. The Labute approximate surface area is 103 Å². The van der Waals surface area contributed by atoms with Gasteiger partial charge in [-0.3, -0.25) is 4.57 Å². The number of alkyl halides is 3. The topological polar surface area (TPSA) is 3.88 Å². The van der Waals surface area contributed by atoms with Crippen LogP contribution in [0.4, 0.5) is 13.2 Å². The number of aromatic nitrogens is 1. The molecule has 0 N–H and O–H groups in total. The molecule has 92 valence electrons. The molecule has 0 atom stereocenters. The molecule has 0 fully saturated rings. The Hall–Kier alpha value is -2.10. The summed E-state index contributed by atoms with van der Waals surface area (Å²) in [7, 11) is 0. The van der Waals surface area contributed by atoms with Gasteiger partial charge in [-0.15, -0.1) is 6.07 Å². The van der Waals surface area contributed by atoms with Crippen molar-refractivity contribution >= 4 is 12.3 Å². The van der Waals surface area contributed by atoms with Crippen molar-refractivity contribution < 1.29 is 17.7 Å². The Morgan fingerprint density at radius 1 is 1.06 bits per heavy atom. The van der Waals surface area contributed by atoms with E-state index in [1.165, 1.54) is 12.1 Å². The van der Waals surface area contributed by atoms with Crippen molar-refractivity contribution in [1.82, 2.24) is 0 Å². The lowest BCUT2D eigenvalue weighted by Gasteiger charge is -2.05. The molecule has 0 aliphatic heterocycles. The van der Waals surface area contributed by atoms with E-state index < -0.39 is 11.7 Å². The Morgan fingerprint density at radius 2 is 1.78 bits per heavy atom. The number of halogens is 3. The summed E-state index contributed by atoms with van der Waals surface area (Å²) in [5.41, 5.74) is 0.0614. The van der Waals surface area contributed by atoms with Crippen LogP contribution in [0, 0.1) is 6.20 Å². The van der Waals surface area contributed by atoms with Crippen LogP contribution in [0.1, 0.15) is 11.1 Å². The van der Waals surface area contributed by atoms with E-state index in [0.29, 0.717) is 5.56 Å². The molecule has 0 amide bonds. The summed E-state index contributed by atoms with van der Waals surface area (Å²) in [4.78, 5) is 0. The van der Waals surface area contributed by atoms with E-state index in [4.69, 9.17) is 0 Å². The molecule has 1 aromatic carbocycles. The highest BCUT2D eigenvalue weighted by Gasteiger charge is 2.29. The van der Waals surface area contributed by atoms with Crippen LogP contribution in [0.25, 0.3) is 12.3 Å². The quantitative estimate of drug-likeness (QED) is 0.567. The zero-order chi connectivity index (χ0) is 13.0. The zero-order valence-electron chi connectivity index (χ0n) is 9.35. The lowest BCUT2D eigenvalue weighted by molar-refractivity contribution is -0.572. The van der Waals surface area contributed by atoms with Crippen LogP contribution in [-0.2, 0) is 6.18 Å². The van der Waals surface area contributed by atoms with Gasteiger partial charge in [0.15, 0.2) is 6.20 Å². The molecule has 0 radical (unpaired) electrons. The summed E-state index contributed by atoms with van der Waals surface area (Å²) >= 11 is 0. The minimum absolute atomic E-state index is 0.640. The van der Waals surface area contributed by atoms with Crippen LogP contribution in [0.5, 0.6) is 0 Å². The highest BCUT2D eigenvalue weighted by atomic mass is 19.4. The van der Waals surface area contributed by atoms with Gasteiger partial charge in [0.25, 0.3) is 0 Å². The lowest BCUT2D eigenvalue weighted by Crippen LogP contribution is -2.23. The van der Waals surface area contributed by atoms with E-state index in [0.717, 1.165) is 12.1 Å². The molecule has 18 heavy (non-hydrogen) atoms. The molecule has 1 aromatic heterocycles. The molecular formula is C14H10F3N. The van der Waals surface area contributed by atoms with Crippen LogP contribution < -0.4 is 4.57 Å². The molecule has 0 aliphatic carbocycles. The third kappa shape index (κ3) is 3.20. The molecule has 0 spiro atoms. The summed E-state index contributed by atoms with van der Waals surface area (Å²) in [6.07, 6.45) is 3.87. The average Bonchev–Trinajstić information content (AvgIpc) is 2.37. The number of benzene rings is 1. The van der Waals surface area contributed by atoms with E-state index in [1.807, 2.05) is 12.1 Å². The van der Waals surface area contributed by atoms with Gasteiger partial charge in [-0.25, -0.2) is 0 Å². The molecule has 2 aromatic rings. The van der Waals surface area contributed by atoms with E-state index in [2.05, 4.69) is 6.20 Å². The van der Waals surface area contributed by atoms with E-state index in [-0.39, 0.29) is 0 Å². The maximum atomic E-state index is 12.3. The molecule has 1 heterocycles. The Bertz CT molecular complexity index is 527. The molecular weight excluding hydrogens is 239 g/mol. The fourth-order valence-electron chi connectivity index (χ4n) is 1.41. The van der Waals surface area contributed by atoms with Crippen molar-refractivity contribution in [3.63, 3.8) is 0 Å². The van der Waals surface area contributed by atoms with E-state index in [1.54, 1.807) is 29.1 Å². The first-order valence-electron chi connectivity index (χ1n) is 5.29. The molecule has 0 saturated carbocycles. The third-order valence-corrected chi connectivity index (χ3v) is 2.34. The zero-order valence-corrected chi connectivity index (χ0v) is 9.35. The first-order valence-corrected chi connectivity index (χ1v) is 5.29. The lowest BCUT2D eigenvalue weighted by atomic mass is 10.1. The number of hydrogen-bond donors (Lipinski definition) is 0. The van der Waals surface area contributed by atoms with Crippen molar-refractivity contribution in [1.29, 1.82) is 0 Å². The predicted octanol–water partition coefficient (Wildman–Crippen LogP) is 3.42. The van der Waals surface area contributed by atoms with Gasteiger partial charge >= 0.3 is 6.18 Å². The number of pyridine rings is 1. The standard InChI is InChI=1S/C14H10F3N/c15-14(16,17)13-6-4-12(5-7-13)8-11-18-9-2-1-3-10-18/h1-9,11H/b11-8+. The smallest absolute Gasteiger partial charge is 0.291 e. The largest absolute Gasteiger partial charge is 0.416 e. The molecule has 0 saturated heterocycles. The summed E-state index contributed by atoms with van der Waals surface area (Å²) in [6, 6.07) is 10.4. The Kier molecular flexibility index (Phi) is 3.46. The second-order valence-corrected chi connectivity index (χ2v) is 3.67. The predicted molar refractivity (Wildman–Crippen MR) is 62.1 cm³/mol. The van der Waals surface area contributed by atoms with E-state index in [9.17, 15) is 13.2 Å². The fourth-order valence-corrected chi connectivity index (χ4v) is 1.41. The van der Waals surface area contributed by atoms with Gasteiger partial charge in [-0.1, -0.05) is 24.3 Å². The maximum Gasteiger partial charge on any atom is 0.416 e. The number of hydrogen-bond acceptors (Lipinski definition) is 0. The van der Waals surface area contributed by atoms with Crippen molar-refractivity contribution in [3.05, 3.63) is 66.0 Å². The van der Waals surface area contributed by atoms with Gasteiger partial charge in [-0.05, 0) is 23.8 Å². The first kappa shape index (κ1) is 12.4. The molecule has 0 aliphatic rings. The monoisotopic (exact) mass is 249 g/mol. The minimum Gasteiger partial charge on any atom is -0.291 e. The summed E-state index contributed by atoms with van der Waals surface area (Å²) in [6.45, 7) is 0. The second-order valence-electron chi connectivity index (χ2n) is 3.67. The van der Waals surface area contributed by atoms with Gasteiger partial charge in [-0.2, -0.15) is 13.2 Å². The van der Waals surface area contributed by atoms with Crippen LogP contribution in [-0.4, -0.2) is 0 Å². The van der Waals surface area contributed by atoms with Gasteiger partial charge in [0.2, 0.25) is 0 Å². The molecule has 0 unspecified atom stereocenters. The summed E-state index contributed by atoms with van der Waals surface area (Å²) in [5, 5.41) is 0. The molecule has 4 heteroatoms. The maximum absolute atomic E-state index is 12.3. The highest BCUT2D eigenvalue weighted by molar-refractivity contribution is 5.57. The average molecular weight is 249 g/mol. The van der Waals surface area contributed by atoms with E-state index >= 15 is 0 Å². The number of nitrogens with zero attached hydrogens (tertiary/aromatic N) is 1. The van der Waals surface area contributed by atoms with Crippen molar-refractivity contribution in [2.45, 2.75) is 6.18 Å². The summed E-state index contributed by atoms with van der Waals surface area (Å²) in [5.74, 6) is 0. The highest BCUT2D eigenvalue weighted by Crippen LogP contribution is 2.29. The fraction of sp³-hybridized carbons (Fsp3) is 0.0714. The first-order chi connectivity index (χ1) is 8.55. The van der Waals surface area contributed by atoms with Gasteiger partial charge in [0, 0.05) is 0 Å². The van der Waals surface area contributed by atoms with Crippen LogP contribution in [0.15, 0.2) is 48.7 Å². The van der Waals surface area contributed by atoms with Gasteiger partial charge in [0.05, 0.1) is 18.0 Å². The third-order valence-electron chi connectivity index (χ3n) is 2.34. The van der Waals surface area contributed by atoms with Crippen molar-refractivity contribution in [2.75, 3.05) is 0 Å². The minimum atomic E-state index is -4.29. The van der Waals surface area contributed by atoms with Crippen LogP contribution in [0.2, 0.25) is 0 Å². The van der Waals surface area contributed by atoms with Crippen LogP contribution >= 0.6 is 0 Å². The Morgan fingerprint density at radius 3 is 2.33 bits per heavy atom. The second kappa shape index (κ2) is 5.04. The van der Waals surface area contributed by atoms with Gasteiger partial charge < -0.3 is 0 Å². The van der Waals surface area contributed by atoms with Crippen molar-refractivity contribution in [2.24, 2.45) is 0 Å².